The number of carboxylic acids is 1. The van der Waals surface area contributed by atoms with Crippen molar-refractivity contribution in [1.82, 2.24) is 10.3 Å². The number of rotatable bonds is 17. The lowest BCUT2D eigenvalue weighted by atomic mass is 10.0. The molecule has 2 amide bonds. The first-order chi connectivity index (χ1) is 29.6. The maximum atomic E-state index is 13.2. The molecule has 0 bridgehead atoms. The normalized spacial score (nSPS) is 20.4. The Bertz CT molecular complexity index is 2780. The van der Waals surface area contributed by atoms with E-state index in [0.717, 1.165) is 0 Å². The fourth-order valence-corrected chi connectivity index (χ4v) is 10.4. The number of nitrogens with zero attached hydrogens (tertiary/aromatic N) is 1. The minimum atomic E-state index is -6.18. The number of fused-ring (bicyclic) bond motifs is 3. The molecule has 6 rings (SSSR count). The van der Waals surface area contributed by atoms with Crippen molar-refractivity contribution in [3.8, 4) is 11.8 Å². The number of unbranched alkanes of at least 4 members (excludes halogenated alkanes) is 1. The van der Waals surface area contributed by atoms with Gasteiger partial charge >= 0.3 is 0 Å². The van der Waals surface area contributed by atoms with Gasteiger partial charge in [-0.25, -0.2) is 4.31 Å². The van der Waals surface area contributed by atoms with Gasteiger partial charge in [0.1, 0.15) is 17.0 Å². The molecular formula is C37H37N5O18P3-5. The number of para-hydroxylation sites is 1. The number of aromatic amines is 1. The van der Waals surface area contributed by atoms with Crippen molar-refractivity contribution in [2.45, 2.75) is 63.0 Å². The summed E-state index contributed by atoms with van der Waals surface area (Å²) < 4.78 is 51.2. The molecule has 1 saturated carbocycles. The first-order valence-corrected chi connectivity index (χ1v) is 23.4. The number of anilines is 3. The molecule has 0 radical (unpaired) electrons. The van der Waals surface area contributed by atoms with Crippen LogP contribution < -0.4 is 56.9 Å². The summed E-state index contributed by atoms with van der Waals surface area (Å²) in [5, 5.41) is 27.6. The van der Waals surface area contributed by atoms with Gasteiger partial charge in [0.2, 0.25) is 17.2 Å². The van der Waals surface area contributed by atoms with Crippen molar-refractivity contribution < 1.29 is 75.4 Å². The predicted octanol–water partition coefficient (Wildman–Crippen LogP) is -1.31. The van der Waals surface area contributed by atoms with Crippen LogP contribution >= 0.6 is 23.5 Å². The quantitative estimate of drug-likeness (QED) is 0.0355. The summed E-state index contributed by atoms with van der Waals surface area (Å²) >= 11 is 0. The molecule has 1 aliphatic heterocycles. The highest BCUT2D eigenvalue weighted by atomic mass is 31.3. The number of aromatic nitrogens is 1. The summed E-state index contributed by atoms with van der Waals surface area (Å²) in [7, 11) is -18.1. The number of amides is 2. The van der Waals surface area contributed by atoms with Crippen molar-refractivity contribution in [1.29, 1.82) is 0 Å². The topological polar surface area (TPSA) is 382 Å². The molecule has 2 aromatic heterocycles. The Balaban J connectivity index is 0.968. The van der Waals surface area contributed by atoms with Crippen LogP contribution in [0.4, 0.5) is 17.2 Å². The number of aliphatic carboxylic acids is 1. The van der Waals surface area contributed by atoms with E-state index in [0.29, 0.717) is 29.8 Å². The number of hydrogen-bond donors (Lipinski definition) is 5. The average molecular weight is 933 g/mol. The van der Waals surface area contributed by atoms with Gasteiger partial charge in [0.15, 0.2) is 0 Å². The largest absolute Gasteiger partial charge is 0.790 e. The molecule has 63 heavy (non-hydrogen) atoms. The van der Waals surface area contributed by atoms with E-state index in [-0.39, 0.29) is 83.9 Å². The van der Waals surface area contributed by atoms with Gasteiger partial charge in [-0.3, -0.25) is 32.6 Å². The van der Waals surface area contributed by atoms with Crippen LogP contribution in [0.3, 0.4) is 0 Å². The summed E-state index contributed by atoms with van der Waals surface area (Å²) in [5.41, 5.74) is 6.61. The Labute approximate surface area is 356 Å². The van der Waals surface area contributed by atoms with Crippen LogP contribution in [0.15, 0.2) is 56.5 Å². The van der Waals surface area contributed by atoms with Gasteiger partial charge in [0.05, 0.1) is 55.0 Å². The second kappa shape index (κ2) is 19.3. The van der Waals surface area contributed by atoms with Gasteiger partial charge < -0.3 is 74.3 Å². The summed E-state index contributed by atoms with van der Waals surface area (Å²) in [5.74, 6) is 2.20. The van der Waals surface area contributed by atoms with E-state index < -0.39 is 77.4 Å². The highest BCUT2D eigenvalue weighted by molar-refractivity contribution is 7.64. The second-order valence-electron chi connectivity index (χ2n) is 14.6. The summed E-state index contributed by atoms with van der Waals surface area (Å²) in [6.45, 7) is -0.746. The molecule has 2 aromatic carbocycles. The van der Waals surface area contributed by atoms with Crippen molar-refractivity contribution in [3.63, 3.8) is 0 Å². The number of nitrogen functional groups attached to an aromatic ring is 1. The van der Waals surface area contributed by atoms with Crippen molar-refractivity contribution in [2.75, 3.05) is 35.6 Å². The van der Waals surface area contributed by atoms with Crippen molar-refractivity contribution >= 4 is 80.4 Å². The molecule has 6 N–H and O–H groups in total. The maximum Gasteiger partial charge on any atom is 0.278 e. The molecule has 2 aliphatic rings. The minimum absolute atomic E-state index is 0.0283. The number of aliphatic hydroxyl groups excluding tert-OH is 1. The van der Waals surface area contributed by atoms with Gasteiger partial charge in [-0.1, -0.05) is 24.0 Å². The van der Waals surface area contributed by atoms with Gasteiger partial charge in [-0.2, -0.15) is 0 Å². The highest BCUT2D eigenvalue weighted by Gasteiger charge is 2.42. The number of phosphoric acid groups is 3. The number of pyridine rings is 1. The van der Waals surface area contributed by atoms with Crippen LogP contribution in [-0.4, -0.2) is 59.7 Å². The number of H-pyrrole nitrogens is 1. The Morgan fingerprint density at radius 2 is 1.70 bits per heavy atom. The number of hydrogen-bond acceptors (Lipinski definition) is 20. The number of nitrogens with two attached hydrogens (primary N) is 1. The molecule has 23 nitrogen and oxygen atoms in total. The third-order valence-corrected chi connectivity index (χ3v) is 13.8. The number of nitrogens with one attached hydrogen (secondary N) is 3. The molecule has 6 atom stereocenters. The van der Waals surface area contributed by atoms with Crippen LogP contribution in [-0.2, 0) is 47.6 Å². The van der Waals surface area contributed by atoms with E-state index in [4.69, 9.17) is 10.2 Å². The molecule has 1 fully saturated rings. The number of carbonyl (C=O) groups is 3. The molecule has 0 spiro atoms. The summed E-state index contributed by atoms with van der Waals surface area (Å²) in [4.78, 5) is 111. The molecule has 6 unspecified atom stereocenters. The van der Waals surface area contributed by atoms with Crippen LogP contribution in [0.2, 0.25) is 0 Å². The molecular weight excluding hydrogens is 895 g/mol. The van der Waals surface area contributed by atoms with E-state index >= 15 is 0 Å². The fourth-order valence-electron chi connectivity index (χ4n) is 7.49. The third kappa shape index (κ3) is 12.3. The Hall–Kier alpha value is -5.20. The van der Waals surface area contributed by atoms with Gasteiger partial charge in [0.25, 0.3) is 21.2 Å². The molecule has 4 aromatic rings. The van der Waals surface area contributed by atoms with Gasteiger partial charge in [-0.05, 0) is 49.9 Å². The molecule has 26 heteroatoms. The lowest BCUT2D eigenvalue weighted by Crippen LogP contribution is -2.33. The van der Waals surface area contributed by atoms with Crippen LogP contribution in [0.1, 0.15) is 55.6 Å². The second-order valence-corrected chi connectivity index (χ2v) is 18.9. The zero-order chi connectivity index (χ0) is 45.9. The first-order valence-electron chi connectivity index (χ1n) is 19.0. The van der Waals surface area contributed by atoms with E-state index in [1.54, 1.807) is 11.0 Å². The van der Waals surface area contributed by atoms with E-state index in [2.05, 4.69) is 40.6 Å². The number of carbonyl (C=O) groups excluding carboxylic acids is 3. The van der Waals surface area contributed by atoms with E-state index in [1.165, 1.54) is 36.4 Å². The zero-order valence-electron chi connectivity index (χ0n) is 32.7. The smallest absolute Gasteiger partial charge is 0.278 e. The van der Waals surface area contributed by atoms with E-state index in [1.807, 2.05) is 0 Å². The molecule has 3 heterocycles. The Morgan fingerprint density at radius 3 is 2.41 bits per heavy atom. The predicted molar refractivity (Wildman–Crippen MR) is 212 cm³/mol. The zero-order valence-corrected chi connectivity index (χ0v) is 35.4. The Kier molecular flexibility index (Phi) is 14.5. The number of phosphoric ester groups is 1. The third-order valence-electron chi connectivity index (χ3n) is 10.1. The van der Waals surface area contributed by atoms with Crippen LogP contribution in [0.5, 0.6) is 0 Å². The van der Waals surface area contributed by atoms with Crippen LogP contribution in [0.25, 0.3) is 21.9 Å². The first kappa shape index (κ1) is 47.3. The van der Waals surface area contributed by atoms with E-state index in [9.17, 15) is 67.5 Å². The SMILES string of the molecule is Nc1cc2c(c(=O)[nH]1)C(C#CCNC(=O)CCCCC(=O)Nc1ccc3oc4c(CC(=O)[O-])cccc4c(=O)c3c1)CN2C1CC(O)C(COP(=O)([O-])OP(=O)([O-])OP(=O)([O-])[O-])C1. The summed E-state index contributed by atoms with van der Waals surface area (Å²) in [6.07, 6.45) is -0.670. The van der Waals surface area contributed by atoms with Crippen molar-refractivity contribution in [3.05, 3.63) is 74.2 Å². The van der Waals surface area contributed by atoms with Gasteiger partial charge in [0, 0.05) is 61.1 Å². The number of carboxylic acid groups (broad SMARTS) is 1. The fraction of sp³-hybridized carbons (Fsp3) is 0.378. The van der Waals surface area contributed by atoms with Crippen molar-refractivity contribution in [2.24, 2.45) is 5.92 Å². The lowest BCUT2D eigenvalue weighted by molar-refractivity contribution is -0.339. The molecule has 0 saturated heterocycles. The average Bonchev–Trinajstić information content (AvgIpc) is 3.72. The number of aliphatic hydroxyl groups is 1. The lowest BCUT2D eigenvalue weighted by Gasteiger charge is -2.37. The minimum Gasteiger partial charge on any atom is -0.790 e. The van der Waals surface area contributed by atoms with Gasteiger partial charge in [-0.15, -0.1) is 0 Å². The monoisotopic (exact) mass is 932 g/mol. The number of benzene rings is 2. The standard InChI is InChI=1S/C37H42N5O18P3/c38-30-17-27-34(37(49)41-30)21(18-42(27)24-13-22(28(43)16-24)19-57-62(53,54)60-63(55,56)59-61(50,51)52)6-4-12-39-31(44)8-1-2-9-32(45)40-23-10-11-29-26(15-23)35(48)25-7-3-5-20(14-33(46)47)36(25)58-29/h3,5,7,10-11,15,17,21-22,24,28,43H,1-2,8-9,12-14,16,18-19H2,(H,39,44)(H,40,45)(H,46,47)(H,53,54)(H,55,56)(H3,38,41,49)(H2,50,51,52)/p-5. The molecule has 338 valence electrons. The van der Waals surface area contributed by atoms with Crippen LogP contribution in [0, 0.1) is 17.8 Å². The molecule has 1 aliphatic carbocycles. The highest BCUT2D eigenvalue weighted by Crippen LogP contribution is 2.60. The Morgan fingerprint density at radius 1 is 0.968 bits per heavy atom. The maximum absolute atomic E-state index is 13.2. The summed E-state index contributed by atoms with van der Waals surface area (Å²) in [6, 6.07) is 10.0.